The maximum atomic E-state index is 12.2. The van der Waals surface area contributed by atoms with E-state index in [4.69, 9.17) is 0 Å². The van der Waals surface area contributed by atoms with E-state index in [0.717, 1.165) is 16.4 Å². The van der Waals surface area contributed by atoms with Crippen LogP contribution >= 0.6 is 0 Å². The third kappa shape index (κ3) is 1.54. The van der Waals surface area contributed by atoms with E-state index in [9.17, 15) is 10.1 Å². The van der Waals surface area contributed by atoms with Crippen LogP contribution in [-0.2, 0) is 5.54 Å². The van der Waals surface area contributed by atoms with Gasteiger partial charge >= 0.3 is 0 Å². The summed E-state index contributed by atoms with van der Waals surface area (Å²) in [5.74, 6) is 0. The Hall–Kier alpha value is -2.61. The van der Waals surface area contributed by atoms with E-state index in [1.54, 1.807) is 30.8 Å². The number of hydrogen-bond donors (Lipinski definition) is 1. The van der Waals surface area contributed by atoms with Crippen molar-refractivity contribution in [2.45, 2.75) is 19.4 Å². The molecule has 5 heteroatoms. The molecule has 0 spiro atoms. The van der Waals surface area contributed by atoms with Crippen molar-refractivity contribution < 1.29 is 0 Å². The van der Waals surface area contributed by atoms with Crippen LogP contribution in [0.15, 0.2) is 35.3 Å². The molecular weight excluding hydrogens is 240 g/mol. The number of benzene rings is 1. The molecule has 0 unspecified atom stereocenters. The normalized spacial score (nSPS) is 11.8. The summed E-state index contributed by atoms with van der Waals surface area (Å²) in [6.45, 7) is 3.52. The zero-order valence-electron chi connectivity index (χ0n) is 10.6. The Balaban J connectivity index is 2.52. The van der Waals surface area contributed by atoms with Crippen molar-refractivity contribution in [2.24, 2.45) is 0 Å². The molecule has 0 bridgehead atoms. The van der Waals surface area contributed by atoms with E-state index in [1.807, 2.05) is 18.2 Å². The number of nitrogens with zero attached hydrogens (tertiary/aromatic N) is 3. The van der Waals surface area contributed by atoms with Crippen LogP contribution in [0.3, 0.4) is 0 Å². The lowest BCUT2D eigenvalue weighted by Gasteiger charge is -2.18. The average molecular weight is 252 g/mol. The first-order valence-electron chi connectivity index (χ1n) is 5.95. The number of pyridine rings is 1. The van der Waals surface area contributed by atoms with Crippen molar-refractivity contribution in [1.82, 2.24) is 14.8 Å². The van der Waals surface area contributed by atoms with Gasteiger partial charge in [0.1, 0.15) is 5.54 Å². The average Bonchev–Trinajstić information content (AvgIpc) is 2.77. The van der Waals surface area contributed by atoms with Gasteiger partial charge in [0.05, 0.1) is 22.5 Å². The number of rotatable bonds is 1. The van der Waals surface area contributed by atoms with Crippen LogP contribution in [0.5, 0.6) is 0 Å². The van der Waals surface area contributed by atoms with Crippen LogP contribution in [0.4, 0.5) is 0 Å². The van der Waals surface area contributed by atoms with E-state index >= 15 is 0 Å². The molecular formula is C14H12N4O. The third-order valence-corrected chi connectivity index (χ3v) is 3.28. The van der Waals surface area contributed by atoms with Gasteiger partial charge in [-0.05, 0) is 32.0 Å². The first kappa shape index (κ1) is 11.5. The first-order chi connectivity index (χ1) is 9.04. The molecule has 0 fully saturated rings. The second-order valence-corrected chi connectivity index (χ2v) is 4.98. The molecule has 19 heavy (non-hydrogen) atoms. The van der Waals surface area contributed by atoms with Gasteiger partial charge in [-0.25, -0.2) is 0 Å². The fourth-order valence-electron chi connectivity index (χ4n) is 2.27. The molecule has 0 aliphatic rings. The molecule has 0 radical (unpaired) electrons. The minimum absolute atomic E-state index is 0.197. The zero-order chi connectivity index (χ0) is 13.6. The molecule has 0 aliphatic carbocycles. The van der Waals surface area contributed by atoms with Gasteiger partial charge in [0.15, 0.2) is 0 Å². The summed E-state index contributed by atoms with van der Waals surface area (Å²) < 4.78 is 1.61. The topological polar surface area (TPSA) is 74.5 Å². The van der Waals surface area contributed by atoms with Crippen LogP contribution < -0.4 is 5.56 Å². The van der Waals surface area contributed by atoms with Gasteiger partial charge in [0.25, 0.3) is 5.56 Å². The van der Waals surface area contributed by atoms with Crippen LogP contribution in [0.2, 0.25) is 0 Å². The predicted molar refractivity (Wildman–Crippen MR) is 72.8 cm³/mol. The third-order valence-electron chi connectivity index (χ3n) is 3.28. The Morgan fingerprint density at radius 3 is 2.89 bits per heavy atom. The molecule has 2 aromatic heterocycles. The highest BCUT2D eigenvalue weighted by atomic mass is 16.1. The van der Waals surface area contributed by atoms with Crippen molar-refractivity contribution in [2.75, 3.05) is 0 Å². The van der Waals surface area contributed by atoms with Gasteiger partial charge in [0, 0.05) is 11.6 Å². The van der Waals surface area contributed by atoms with Crippen molar-refractivity contribution in [3.63, 3.8) is 0 Å². The Morgan fingerprint density at radius 1 is 1.37 bits per heavy atom. The number of nitrogens with one attached hydrogen (secondary N) is 1. The SMILES string of the molecule is CC(C)(C#N)n1[nH]c(=O)c2c3cccnc3ccc21. The highest BCUT2D eigenvalue weighted by molar-refractivity contribution is 6.04. The maximum absolute atomic E-state index is 12.2. The summed E-state index contributed by atoms with van der Waals surface area (Å²) in [4.78, 5) is 16.4. The second kappa shape index (κ2) is 3.69. The molecule has 0 saturated heterocycles. The van der Waals surface area contributed by atoms with Gasteiger partial charge in [-0.3, -0.25) is 19.6 Å². The smallest absolute Gasteiger partial charge is 0.267 e. The molecule has 0 saturated carbocycles. The molecule has 3 aromatic rings. The van der Waals surface area contributed by atoms with Crippen molar-refractivity contribution >= 4 is 21.8 Å². The van der Waals surface area contributed by atoms with Crippen LogP contribution in [0.25, 0.3) is 21.8 Å². The summed E-state index contributed by atoms with van der Waals surface area (Å²) in [6, 6.07) is 9.53. The number of H-pyrrole nitrogens is 1. The zero-order valence-corrected chi connectivity index (χ0v) is 10.6. The first-order valence-corrected chi connectivity index (χ1v) is 5.95. The molecule has 5 nitrogen and oxygen atoms in total. The summed E-state index contributed by atoms with van der Waals surface area (Å²) >= 11 is 0. The lowest BCUT2D eigenvalue weighted by atomic mass is 10.1. The summed E-state index contributed by atoms with van der Waals surface area (Å²) in [7, 11) is 0. The predicted octanol–water partition coefficient (Wildman–Crippen LogP) is 2.14. The van der Waals surface area contributed by atoms with Gasteiger partial charge < -0.3 is 0 Å². The summed E-state index contributed by atoms with van der Waals surface area (Å²) in [6.07, 6.45) is 1.69. The Bertz CT molecular complexity index is 880. The number of fused-ring (bicyclic) bond motifs is 3. The molecule has 0 atom stereocenters. The summed E-state index contributed by atoms with van der Waals surface area (Å²) in [5.41, 5.74) is 0.485. The van der Waals surface area contributed by atoms with Crippen LogP contribution in [-0.4, -0.2) is 14.8 Å². The lowest BCUT2D eigenvalue weighted by molar-refractivity contribution is 0.430. The summed E-state index contributed by atoms with van der Waals surface area (Å²) in [5, 5.41) is 13.3. The van der Waals surface area contributed by atoms with E-state index in [-0.39, 0.29) is 5.56 Å². The number of aromatic amines is 1. The number of hydrogen-bond acceptors (Lipinski definition) is 3. The minimum Gasteiger partial charge on any atom is -0.267 e. The van der Waals surface area contributed by atoms with Crippen molar-refractivity contribution in [3.05, 3.63) is 40.8 Å². The van der Waals surface area contributed by atoms with Gasteiger partial charge in [-0.2, -0.15) is 5.26 Å². The van der Waals surface area contributed by atoms with Crippen molar-refractivity contribution in [3.8, 4) is 6.07 Å². The molecule has 2 heterocycles. The number of aromatic nitrogens is 3. The fourth-order valence-corrected chi connectivity index (χ4v) is 2.27. The minimum atomic E-state index is -0.809. The van der Waals surface area contributed by atoms with Gasteiger partial charge in [0.2, 0.25) is 0 Å². The molecule has 0 aliphatic heterocycles. The maximum Gasteiger partial charge on any atom is 0.272 e. The van der Waals surface area contributed by atoms with E-state index < -0.39 is 5.54 Å². The Labute approximate surface area is 109 Å². The standard InChI is InChI=1S/C14H12N4O/c1-14(2,8-15)18-11-6-5-10-9(4-3-7-16-10)12(11)13(19)17-18/h3-7H,1-2H3,(H,17,19). The monoisotopic (exact) mass is 252 g/mol. The largest absolute Gasteiger partial charge is 0.272 e. The van der Waals surface area contributed by atoms with Crippen LogP contribution in [0.1, 0.15) is 13.8 Å². The Kier molecular flexibility index (Phi) is 2.23. The second-order valence-electron chi connectivity index (χ2n) is 4.98. The fraction of sp³-hybridized carbons (Fsp3) is 0.214. The molecule has 1 aromatic carbocycles. The van der Waals surface area contributed by atoms with Gasteiger partial charge in [-0.1, -0.05) is 6.07 Å². The van der Waals surface area contributed by atoms with E-state index in [1.165, 1.54) is 0 Å². The quantitative estimate of drug-likeness (QED) is 0.721. The molecule has 0 amide bonds. The van der Waals surface area contributed by atoms with Gasteiger partial charge in [-0.15, -0.1) is 0 Å². The van der Waals surface area contributed by atoms with E-state index in [0.29, 0.717) is 5.39 Å². The van der Waals surface area contributed by atoms with Crippen LogP contribution in [0, 0.1) is 11.3 Å². The lowest BCUT2D eigenvalue weighted by Crippen LogP contribution is -2.26. The molecule has 3 rings (SSSR count). The van der Waals surface area contributed by atoms with E-state index in [2.05, 4.69) is 16.2 Å². The highest BCUT2D eigenvalue weighted by Gasteiger charge is 2.23. The Morgan fingerprint density at radius 2 is 2.16 bits per heavy atom. The van der Waals surface area contributed by atoms with Crippen molar-refractivity contribution in [1.29, 1.82) is 5.26 Å². The molecule has 94 valence electrons. The number of nitriles is 1. The molecule has 1 N–H and O–H groups in total. The highest BCUT2D eigenvalue weighted by Crippen LogP contribution is 2.24.